The second kappa shape index (κ2) is 8.75. The van der Waals surface area contributed by atoms with Crippen LogP contribution in [0.2, 0.25) is 0 Å². The first kappa shape index (κ1) is 20.7. The third-order valence-electron chi connectivity index (χ3n) is 5.40. The average molecular weight is 446 g/mol. The molecule has 1 aliphatic heterocycles. The molecule has 1 amide bonds. The Labute approximate surface area is 188 Å². The van der Waals surface area contributed by atoms with Crippen molar-refractivity contribution in [3.63, 3.8) is 0 Å². The molecular weight excluding hydrogens is 424 g/mol. The minimum Gasteiger partial charge on any atom is -0.493 e. The maximum atomic E-state index is 12.4. The third-order valence-corrected chi connectivity index (χ3v) is 5.40. The number of hydroxylamine groups is 1. The van der Waals surface area contributed by atoms with Gasteiger partial charge in [-0.15, -0.1) is 5.48 Å². The molecule has 1 saturated heterocycles. The molecule has 0 spiro atoms. The van der Waals surface area contributed by atoms with Crippen LogP contribution in [0, 0.1) is 0 Å². The van der Waals surface area contributed by atoms with Gasteiger partial charge in [0.1, 0.15) is 17.7 Å². The van der Waals surface area contributed by atoms with Gasteiger partial charge in [-0.1, -0.05) is 30.3 Å². The topological polar surface area (TPSA) is 134 Å². The summed E-state index contributed by atoms with van der Waals surface area (Å²) in [4.78, 5) is 42.4. The number of H-pyrrole nitrogens is 2. The van der Waals surface area contributed by atoms with E-state index in [1.54, 1.807) is 0 Å². The smallest absolute Gasteiger partial charge is 0.427 e. The van der Waals surface area contributed by atoms with Crippen molar-refractivity contribution in [3.05, 3.63) is 64.7 Å². The van der Waals surface area contributed by atoms with Gasteiger partial charge in [-0.3, -0.25) is 4.79 Å². The molecule has 1 aliphatic rings. The number of nitrogens with zero attached hydrogens (tertiary/aromatic N) is 2. The van der Waals surface area contributed by atoms with Gasteiger partial charge in [-0.2, -0.15) is 0 Å². The van der Waals surface area contributed by atoms with Gasteiger partial charge in [0.05, 0.1) is 18.5 Å². The standard InChI is InChI=1S/C23H22N6O4/c1-2-32-17-11-15(7-8-16(17)20-27-21-19(22(30)28-20)24-12-25-21)14-5-3-4-13(10-14)6-9-18-26-23(31)33-29-18/h3-5,7-8,10-12,18,29H,2,6,9H2,1H3,(H,26,31)(H2,24,25,27,28,30). The van der Waals surface area contributed by atoms with Crippen LogP contribution >= 0.6 is 0 Å². The molecule has 4 aromatic rings. The zero-order valence-corrected chi connectivity index (χ0v) is 17.8. The SMILES string of the molecule is CCOc1cc(-c2cccc(CCC3NOC(=O)N3)c2)ccc1-c1nc2nc[nH]c2c(=O)[nH]1. The van der Waals surface area contributed by atoms with Crippen LogP contribution in [0.3, 0.4) is 0 Å². The number of benzene rings is 2. The largest absolute Gasteiger partial charge is 0.493 e. The van der Waals surface area contributed by atoms with Gasteiger partial charge in [0.2, 0.25) is 0 Å². The van der Waals surface area contributed by atoms with E-state index in [1.807, 2.05) is 43.3 Å². The predicted octanol–water partition coefficient (Wildman–Crippen LogP) is 2.88. The van der Waals surface area contributed by atoms with E-state index in [0.29, 0.717) is 41.3 Å². The number of amides is 1. The number of aromatic amines is 2. The lowest BCUT2D eigenvalue weighted by Crippen LogP contribution is -2.31. The highest BCUT2D eigenvalue weighted by molar-refractivity contribution is 5.77. The zero-order chi connectivity index (χ0) is 22.8. The minimum absolute atomic E-state index is 0.202. The molecular formula is C23H22N6O4. The van der Waals surface area contributed by atoms with Crippen LogP contribution in [-0.4, -0.2) is 38.8 Å². The molecule has 10 nitrogen and oxygen atoms in total. The van der Waals surface area contributed by atoms with Gasteiger partial charge in [0.25, 0.3) is 5.56 Å². The fourth-order valence-corrected chi connectivity index (χ4v) is 3.82. The summed E-state index contributed by atoms with van der Waals surface area (Å²) in [5.74, 6) is 1.02. The molecule has 2 aromatic carbocycles. The van der Waals surface area contributed by atoms with Crippen molar-refractivity contribution in [3.8, 4) is 28.3 Å². The summed E-state index contributed by atoms with van der Waals surface area (Å²) in [5, 5.41) is 2.70. The number of fused-ring (bicyclic) bond motifs is 1. The second-order valence-corrected chi connectivity index (χ2v) is 7.60. The quantitative estimate of drug-likeness (QED) is 0.343. The van der Waals surface area contributed by atoms with E-state index in [0.717, 1.165) is 23.1 Å². The number of ether oxygens (including phenoxy) is 1. The lowest BCUT2D eigenvalue weighted by atomic mass is 9.99. The summed E-state index contributed by atoms with van der Waals surface area (Å²) >= 11 is 0. The van der Waals surface area contributed by atoms with E-state index in [9.17, 15) is 9.59 Å². The Bertz CT molecular complexity index is 1380. The Morgan fingerprint density at radius 3 is 2.82 bits per heavy atom. The normalized spacial score (nSPS) is 15.4. The number of aryl methyl sites for hydroxylation is 1. The molecule has 2 aromatic heterocycles. The summed E-state index contributed by atoms with van der Waals surface area (Å²) in [5.41, 5.74) is 6.89. The first-order chi connectivity index (χ1) is 16.1. The number of hydrogen-bond donors (Lipinski definition) is 4. The van der Waals surface area contributed by atoms with Crippen molar-refractivity contribution >= 4 is 17.3 Å². The highest BCUT2D eigenvalue weighted by atomic mass is 16.7. The van der Waals surface area contributed by atoms with E-state index in [-0.39, 0.29) is 11.7 Å². The molecule has 3 heterocycles. The van der Waals surface area contributed by atoms with E-state index >= 15 is 0 Å². The Balaban J connectivity index is 1.44. The number of carbonyl (C=O) groups excluding carboxylic acids is 1. The predicted molar refractivity (Wildman–Crippen MR) is 121 cm³/mol. The molecule has 5 rings (SSSR count). The van der Waals surface area contributed by atoms with Crippen molar-refractivity contribution in [2.24, 2.45) is 0 Å². The van der Waals surface area contributed by atoms with E-state index in [4.69, 9.17) is 9.57 Å². The van der Waals surface area contributed by atoms with Crippen LogP contribution in [0.4, 0.5) is 4.79 Å². The maximum Gasteiger partial charge on any atom is 0.427 e. The number of hydrogen-bond acceptors (Lipinski definition) is 7. The van der Waals surface area contributed by atoms with Gasteiger partial charge in [-0.25, -0.2) is 14.8 Å². The van der Waals surface area contributed by atoms with Crippen molar-refractivity contribution < 1.29 is 14.4 Å². The van der Waals surface area contributed by atoms with Crippen LogP contribution in [0.15, 0.2) is 53.6 Å². The molecule has 33 heavy (non-hydrogen) atoms. The molecule has 0 saturated carbocycles. The number of imidazole rings is 1. The molecule has 1 unspecified atom stereocenters. The first-order valence-corrected chi connectivity index (χ1v) is 10.6. The van der Waals surface area contributed by atoms with Crippen molar-refractivity contribution in [1.82, 2.24) is 30.7 Å². The summed E-state index contributed by atoms with van der Waals surface area (Å²) in [7, 11) is 0. The van der Waals surface area contributed by atoms with Crippen molar-refractivity contribution in [2.45, 2.75) is 25.9 Å². The van der Waals surface area contributed by atoms with Crippen molar-refractivity contribution in [2.75, 3.05) is 6.61 Å². The number of carbonyl (C=O) groups is 1. The zero-order valence-electron chi connectivity index (χ0n) is 17.8. The van der Waals surface area contributed by atoms with E-state index < -0.39 is 6.09 Å². The molecule has 4 N–H and O–H groups in total. The minimum atomic E-state index is -0.459. The van der Waals surface area contributed by atoms with Crippen LogP contribution in [0.1, 0.15) is 18.9 Å². The highest BCUT2D eigenvalue weighted by Crippen LogP contribution is 2.33. The average Bonchev–Trinajstić information content (AvgIpc) is 3.47. The Hall–Kier alpha value is -4.18. The number of nitrogens with one attached hydrogen (secondary N) is 4. The Kier molecular flexibility index (Phi) is 5.49. The van der Waals surface area contributed by atoms with Crippen molar-refractivity contribution in [1.29, 1.82) is 0 Å². The van der Waals surface area contributed by atoms with Crippen LogP contribution in [0.25, 0.3) is 33.7 Å². The summed E-state index contributed by atoms with van der Waals surface area (Å²) in [6.45, 7) is 2.37. The first-order valence-electron chi connectivity index (χ1n) is 10.6. The summed E-state index contributed by atoms with van der Waals surface area (Å²) < 4.78 is 5.89. The lowest BCUT2D eigenvalue weighted by molar-refractivity contribution is 0.120. The van der Waals surface area contributed by atoms with Gasteiger partial charge >= 0.3 is 6.09 Å². The van der Waals surface area contributed by atoms with Crippen LogP contribution in [0.5, 0.6) is 5.75 Å². The Morgan fingerprint density at radius 2 is 2.00 bits per heavy atom. The monoisotopic (exact) mass is 446 g/mol. The number of aromatic nitrogens is 4. The molecule has 0 aliphatic carbocycles. The van der Waals surface area contributed by atoms with E-state index in [2.05, 4.69) is 36.8 Å². The van der Waals surface area contributed by atoms with Crippen LogP contribution in [-0.2, 0) is 11.3 Å². The van der Waals surface area contributed by atoms with E-state index in [1.165, 1.54) is 6.33 Å². The fourth-order valence-electron chi connectivity index (χ4n) is 3.82. The molecule has 1 fully saturated rings. The summed E-state index contributed by atoms with van der Waals surface area (Å²) in [6.07, 6.45) is 2.25. The second-order valence-electron chi connectivity index (χ2n) is 7.60. The lowest BCUT2D eigenvalue weighted by Gasteiger charge is -2.13. The van der Waals surface area contributed by atoms with Crippen LogP contribution < -0.4 is 21.1 Å². The maximum absolute atomic E-state index is 12.4. The van der Waals surface area contributed by atoms with Gasteiger partial charge in [0, 0.05) is 0 Å². The third kappa shape index (κ3) is 4.28. The molecule has 0 bridgehead atoms. The molecule has 168 valence electrons. The molecule has 0 radical (unpaired) electrons. The van der Waals surface area contributed by atoms with Gasteiger partial charge in [0.15, 0.2) is 11.2 Å². The fraction of sp³-hybridized carbons (Fsp3) is 0.217. The number of rotatable bonds is 7. The highest BCUT2D eigenvalue weighted by Gasteiger charge is 2.21. The Morgan fingerprint density at radius 1 is 1.12 bits per heavy atom. The molecule has 1 atom stereocenters. The summed E-state index contributed by atoms with van der Waals surface area (Å²) in [6, 6.07) is 14.0. The van der Waals surface area contributed by atoms with Gasteiger partial charge in [-0.05, 0) is 48.6 Å². The van der Waals surface area contributed by atoms with Gasteiger partial charge < -0.3 is 24.9 Å². The molecule has 10 heteroatoms.